The van der Waals surface area contributed by atoms with E-state index in [4.69, 9.17) is 9.47 Å². The van der Waals surface area contributed by atoms with Crippen molar-refractivity contribution in [2.24, 2.45) is 0 Å². The summed E-state index contributed by atoms with van der Waals surface area (Å²) >= 11 is 0. The van der Waals surface area contributed by atoms with Gasteiger partial charge < -0.3 is 20.1 Å². The number of hydrogen-bond acceptors (Lipinski definition) is 6. The van der Waals surface area contributed by atoms with Crippen molar-refractivity contribution in [2.45, 2.75) is 6.61 Å². The summed E-state index contributed by atoms with van der Waals surface area (Å²) in [5.41, 5.74) is 1.99. The lowest BCUT2D eigenvalue weighted by Gasteiger charge is -2.09. The van der Waals surface area contributed by atoms with Gasteiger partial charge in [0.2, 0.25) is 0 Å². The van der Waals surface area contributed by atoms with Crippen LogP contribution in [0, 0.1) is 0 Å². The lowest BCUT2D eigenvalue weighted by atomic mass is 10.2. The Bertz CT molecular complexity index is 868. The third kappa shape index (κ3) is 5.78. The number of methoxy groups -OCH3 is 1. The molecule has 0 saturated carbocycles. The van der Waals surface area contributed by atoms with E-state index in [1.165, 1.54) is 12.4 Å². The molecule has 0 saturated heterocycles. The van der Waals surface area contributed by atoms with Crippen LogP contribution in [-0.2, 0) is 11.3 Å². The first kappa shape index (κ1) is 19.3. The lowest BCUT2D eigenvalue weighted by Crippen LogP contribution is -2.15. The second-order valence-electron chi connectivity index (χ2n) is 5.96. The monoisotopic (exact) mass is 378 g/mol. The van der Waals surface area contributed by atoms with Crippen molar-refractivity contribution in [3.63, 3.8) is 0 Å². The summed E-state index contributed by atoms with van der Waals surface area (Å²) in [5, 5.41) is 5.84. The van der Waals surface area contributed by atoms with E-state index in [1.54, 1.807) is 19.2 Å². The number of nitrogens with zero attached hydrogens (tertiary/aromatic N) is 2. The van der Waals surface area contributed by atoms with Crippen LogP contribution in [0.15, 0.2) is 67.0 Å². The molecule has 0 radical (unpaired) electrons. The molecule has 0 unspecified atom stereocenters. The van der Waals surface area contributed by atoms with Crippen LogP contribution >= 0.6 is 0 Å². The van der Waals surface area contributed by atoms with Crippen LogP contribution in [0.4, 0.5) is 11.5 Å². The smallest absolute Gasteiger partial charge is 0.275 e. The summed E-state index contributed by atoms with van der Waals surface area (Å²) in [6, 6.07) is 17.1. The second-order valence-corrected chi connectivity index (χ2v) is 5.96. The van der Waals surface area contributed by atoms with Crippen molar-refractivity contribution in [3.05, 3.63) is 78.2 Å². The zero-order chi connectivity index (χ0) is 19.6. The number of carbonyl (C=O) groups is 1. The van der Waals surface area contributed by atoms with Crippen molar-refractivity contribution in [1.29, 1.82) is 0 Å². The number of rotatable bonds is 9. The van der Waals surface area contributed by atoms with Gasteiger partial charge in [-0.25, -0.2) is 9.97 Å². The quantitative estimate of drug-likeness (QED) is 0.555. The predicted molar refractivity (Wildman–Crippen MR) is 108 cm³/mol. The highest BCUT2D eigenvalue weighted by Gasteiger charge is 2.09. The van der Waals surface area contributed by atoms with E-state index in [2.05, 4.69) is 20.6 Å². The van der Waals surface area contributed by atoms with Crippen molar-refractivity contribution < 1.29 is 14.3 Å². The van der Waals surface area contributed by atoms with Gasteiger partial charge in [-0.05, 0) is 29.8 Å². The Labute approximate surface area is 163 Å². The molecule has 7 heteroatoms. The fourth-order valence-corrected chi connectivity index (χ4v) is 2.39. The average Bonchev–Trinajstić information content (AvgIpc) is 2.75. The Kier molecular flexibility index (Phi) is 6.92. The summed E-state index contributed by atoms with van der Waals surface area (Å²) in [7, 11) is 1.63. The minimum Gasteiger partial charge on any atom is -0.489 e. The number of nitrogens with one attached hydrogen (secondary N) is 2. The molecule has 0 atom stereocenters. The van der Waals surface area contributed by atoms with E-state index in [0.29, 0.717) is 31.3 Å². The van der Waals surface area contributed by atoms with Gasteiger partial charge in [-0.15, -0.1) is 0 Å². The molecule has 0 aliphatic heterocycles. The highest BCUT2D eigenvalue weighted by atomic mass is 16.5. The molecule has 7 nitrogen and oxygen atoms in total. The maximum absolute atomic E-state index is 12.3. The van der Waals surface area contributed by atoms with Crippen LogP contribution in [0.2, 0.25) is 0 Å². The Morgan fingerprint density at radius 2 is 1.79 bits per heavy atom. The summed E-state index contributed by atoms with van der Waals surface area (Å²) in [6.07, 6.45) is 2.95. The van der Waals surface area contributed by atoms with Crippen molar-refractivity contribution in [2.75, 3.05) is 30.9 Å². The first-order valence-electron chi connectivity index (χ1n) is 8.87. The minimum absolute atomic E-state index is 0.238. The van der Waals surface area contributed by atoms with Crippen LogP contribution in [0.3, 0.4) is 0 Å². The van der Waals surface area contributed by atoms with Gasteiger partial charge in [0, 0.05) is 19.3 Å². The Balaban J connectivity index is 1.51. The van der Waals surface area contributed by atoms with Gasteiger partial charge in [-0.3, -0.25) is 4.79 Å². The molecule has 0 bridgehead atoms. The molecule has 0 aliphatic rings. The summed E-state index contributed by atoms with van der Waals surface area (Å²) < 4.78 is 10.7. The summed E-state index contributed by atoms with van der Waals surface area (Å²) in [5.74, 6) is 0.996. The highest BCUT2D eigenvalue weighted by molar-refractivity contribution is 6.02. The molecule has 0 fully saturated rings. The Hall–Kier alpha value is -3.45. The molecule has 1 heterocycles. The van der Waals surface area contributed by atoms with Crippen molar-refractivity contribution >= 4 is 17.4 Å². The maximum Gasteiger partial charge on any atom is 0.275 e. The third-order valence-electron chi connectivity index (χ3n) is 3.86. The molecule has 3 aromatic rings. The van der Waals surface area contributed by atoms with Crippen LogP contribution in [-0.4, -0.2) is 36.1 Å². The number of ether oxygens (including phenoxy) is 2. The van der Waals surface area contributed by atoms with E-state index in [0.717, 1.165) is 11.3 Å². The first-order valence-corrected chi connectivity index (χ1v) is 8.87. The summed E-state index contributed by atoms with van der Waals surface area (Å²) in [6.45, 7) is 1.68. The first-order chi connectivity index (χ1) is 13.7. The van der Waals surface area contributed by atoms with Crippen molar-refractivity contribution in [1.82, 2.24) is 9.97 Å². The van der Waals surface area contributed by atoms with E-state index in [9.17, 15) is 4.79 Å². The van der Waals surface area contributed by atoms with E-state index < -0.39 is 0 Å². The zero-order valence-electron chi connectivity index (χ0n) is 15.6. The number of amides is 1. The molecule has 0 spiro atoms. The van der Waals surface area contributed by atoms with Gasteiger partial charge in [0.25, 0.3) is 5.91 Å². The van der Waals surface area contributed by atoms with Gasteiger partial charge in [-0.1, -0.05) is 30.3 Å². The van der Waals surface area contributed by atoms with E-state index in [-0.39, 0.29) is 11.6 Å². The highest BCUT2D eigenvalue weighted by Crippen LogP contribution is 2.17. The number of benzene rings is 2. The molecule has 144 valence electrons. The molecule has 1 amide bonds. The SMILES string of the molecule is COCCNc1cnc(C(=O)Nc2ccc(OCc3ccccc3)cc2)cn1. The van der Waals surface area contributed by atoms with E-state index >= 15 is 0 Å². The predicted octanol–water partition coefficient (Wildman–Crippen LogP) is 3.37. The fraction of sp³-hybridized carbons (Fsp3) is 0.190. The molecule has 3 rings (SSSR count). The number of carbonyl (C=O) groups excluding carboxylic acids is 1. The molecular formula is C21H22N4O3. The Morgan fingerprint density at radius 3 is 2.46 bits per heavy atom. The zero-order valence-corrected chi connectivity index (χ0v) is 15.6. The topological polar surface area (TPSA) is 85.4 Å². The van der Waals surface area contributed by atoms with Crippen LogP contribution < -0.4 is 15.4 Å². The van der Waals surface area contributed by atoms with Gasteiger partial charge in [-0.2, -0.15) is 0 Å². The molecule has 2 N–H and O–H groups in total. The molecule has 1 aromatic heterocycles. The van der Waals surface area contributed by atoms with Crippen LogP contribution in [0.25, 0.3) is 0 Å². The van der Waals surface area contributed by atoms with Gasteiger partial charge in [0.15, 0.2) is 0 Å². The summed E-state index contributed by atoms with van der Waals surface area (Å²) in [4.78, 5) is 20.6. The van der Waals surface area contributed by atoms with Gasteiger partial charge in [0.05, 0.1) is 19.0 Å². The fourth-order valence-electron chi connectivity index (χ4n) is 2.39. The number of hydrogen-bond donors (Lipinski definition) is 2. The maximum atomic E-state index is 12.3. The third-order valence-corrected chi connectivity index (χ3v) is 3.86. The van der Waals surface area contributed by atoms with Crippen molar-refractivity contribution in [3.8, 4) is 5.75 Å². The Morgan fingerprint density at radius 1 is 1.00 bits per heavy atom. The molecule has 2 aromatic carbocycles. The van der Waals surface area contributed by atoms with Gasteiger partial charge >= 0.3 is 0 Å². The second kappa shape index (κ2) is 10.0. The normalized spacial score (nSPS) is 10.3. The molecule has 0 aliphatic carbocycles. The minimum atomic E-state index is -0.325. The molecular weight excluding hydrogens is 356 g/mol. The van der Waals surface area contributed by atoms with Crippen LogP contribution in [0.5, 0.6) is 5.75 Å². The van der Waals surface area contributed by atoms with E-state index in [1.807, 2.05) is 42.5 Å². The standard InChI is InChI=1S/C21H22N4O3/c1-27-12-11-22-20-14-23-19(13-24-20)21(26)25-17-7-9-18(10-8-17)28-15-16-5-3-2-4-6-16/h2-10,13-14H,11-12,15H2,1H3,(H,22,24)(H,25,26). The average molecular weight is 378 g/mol. The van der Waals surface area contributed by atoms with Gasteiger partial charge in [0.1, 0.15) is 23.9 Å². The largest absolute Gasteiger partial charge is 0.489 e. The van der Waals surface area contributed by atoms with Crippen LogP contribution in [0.1, 0.15) is 16.1 Å². The number of aromatic nitrogens is 2. The number of anilines is 2. The lowest BCUT2D eigenvalue weighted by molar-refractivity contribution is 0.102. The molecule has 28 heavy (non-hydrogen) atoms.